The summed E-state index contributed by atoms with van der Waals surface area (Å²) in [6.45, 7) is 2.23. The van der Waals surface area contributed by atoms with Crippen LogP contribution in [-0.4, -0.2) is 11.6 Å². The maximum atomic E-state index is 12.4. The fourth-order valence-electron chi connectivity index (χ4n) is 3.13. The third-order valence-corrected chi connectivity index (χ3v) is 6.18. The van der Waals surface area contributed by atoms with Crippen LogP contribution in [0.3, 0.4) is 0 Å². The Bertz CT molecular complexity index is 1230. The van der Waals surface area contributed by atoms with Gasteiger partial charge in [0.1, 0.15) is 12.4 Å². The standard InChI is InChI=1S/C26H21ClN2O2S/c1-18(24-15-16-25(27)32-24)28-29-26(30)21-13-11-19(12-14-21)17-31-23-10-6-5-9-22(23)20-7-3-2-4-8-20/h2-16H,17H2,1H3,(H,29,30). The molecule has 6 heteroatoms. The molecule has 1 aromatic heterocycles. The third kappa shape index (κ3) is 5.44. The van der Waals surface area contributed by atoms with Crippen LogP contribution in [0.2, 0.25) is 4.34 Å². The van der Waals surface area contributed by atoms with Gasteiger partial charge in [0.15, 0.2) is 0 Å². The SMILES string of the molecule is CC(=NNC(=O)c1ccc(COc2ccccc2-c2ccccc2)cc1)c1ccc(Cl)s1. The molecule has 0 aliphatic heterocycles. The van der Waals surface area contributed by atoms with E-state index < -0.39 is 0 Å². The Kier molecular flexibility index (Phi) is 7.00. The molecule has 0 fully saturated rings. The number of hydrogen-bond donors (Lipinski definition) is 1. The van der Waals surface area contributed by atoms with E-state index in [-0.39, 0.29) is 5.91 Å². The molecule has 0 atom stereocenters. The average Bonchev–Trinajstić information content (AvgIpc) is 3.28. The van der Waals surface area contributed by atoms with Crippen LogP contribution < -0.4 is 10.2 Å². The van der Waals surface area contributed by atoms with Crippen molar-refractivity contribution >= 4 is 34.6 Å². The molecule has 3 aromatic carbocycles. The molecule has 0 aliphatic rings. The van der Waals surface area contributed by atoms with Crippen LogP contribution in [0, 0.1) is 0 Å². The fourth-order valence-corrected chi connectivity index (χ4v) is 4.11. The highest BCUT2D eigenvalue weighted by atomic mass is 35.5. The number of benzene rings is 3. The Labute approximate surface area is 196 Å². The number of halogens is 1. The maximum absolute atomic E-state index is 12.4. The molecule has 0 bridgehead atoms. The highest BCUT2D eigenvalue weighted by Crippen LogP contribution is 2.30. The fraction of sp³-hybridized carbons (Fsp3) is 0.0769. The van der Waals surface area contributed by atoms with E-state index in [0.717, 1.165) is 27.3 Å². The van der Waals surface area contributed by atoms with Crippen molar-refractivity contribution in [2.75, 3.05) is 0 Å². The van der Waals surface area contributed by atoms with Gasteiger partial charge >= 0.3 is 0 Å². The molecule has 1 amide bonds. The van der Waals surface area contributed by atoms with E-state index >= 15 is 0 Å². The number of thiophene rings is 1. The second-order valence-corrected chi connectivity index (χ2v) is 8.80. The minimum absolute atomic E-state index is 0.270. The molecule has 4 nitrogen and oxygen atoms in total. The van der Waals surface area contributed by atoms with Crippen LogP contribution in [0.15, 0.2) is 96.1 Å². The number of nitrogens with one attached hydrogen (secondary N) is 1. The molecule has 0 aliphatic carbocycles. The molecule has 0 saturated carbocycles. The summed E-state index contributed by atoms with van der Waals surface area (Å²) in [7, 11) is 0. The Balaban J connectivity index is 1.38. The van der Waals surface area contributed by atoms with E-state index in [4.69, 9.17) is 16.3 Å². The predicted octanol–water partition coefficient (Wildman–Crippen LogP) is 6.80. The molecule has 1 N–H and O–H groups in total. The summed E-state index contributed by atoms with van der Waals surface area (Å²) in [6, 6.07) is 29.1. The van der Waals surface area contributed by atoms with Crippen LogP contribution in [0.1, 0.15) is 27.7 Å². The lowest BCUT2D eigenvalue weighted by Gasteiger charge is -2.12. The summed E-state index contributed by atoms with van der Waals surface area (Å²) < 4.78 is 6.76. The Morgan fingerprint density at radius 2 is 1.66 bits per heavy atom. The largest absolute Gasteiger partial charge is 0.488 e. The van der Waals surface area contributed by atoms with Gasteiger partial charge in [-0.05, 0) is 48.4 Å². The molecule has 0 spiro atoms. The summed E-state index contributed by atoms with van der Waals surface area (Å²) >= 11 is 7.37. The Hall–Kier alpha value is -3.41. The van der Waals surface area contributed by atoms with E-state index in [1.54, 1.807) is 18.2 Å². The predicted molar refractivity (Wildman–Crippen MR) is 132 cm³/mol. The van der Waals surface area contributed by atoms with Gasteiger partial charge in [0, 0.05) is 11.1 Å². The summed E-state index contributed by atoms with van der Waals surface area (Å²) in [4.78, 5) is 13.3. The second-order valence-electron chi connectivity index (χ2n) is 7.09. The number of amides is 1. The number of carbonyl (C=O) groups excluding carboxylic acids is 1. The first-order valence-corrected chi connectivity index (χ1v) is 11.3. The first-order valence-electron chi connectivity index (χ1n) is 10.1. The quantitative estimate of drug-likeness (QED) is 0.243. The highest BCUT2D eigenvalue weighted by Gasteiger charge is 2.08. The normalized spacial score (nSPS) is 11.2. The molecule has 0 unspecified atom stereocenters. The number of para-hydroxylation sites is 1. The molecule has 4 aromatic rings. The number of hydrazone groups is 1. The van der Waals surface area contributed by atoms with Gasteiger partial charge in [0.2, 0.25) is 0 Å². The maximum Gasteiger partial charge on any atom is 0.271 e. The van der Waals surface area contributed by atoms with Gasteiger partial charge in [-0.2, -0.15) is 5.10 Å². The van der Waals surface area contributed by atoms with Crippen molar-refractivity contribution in [1.82, 2.24) is 5.43 Å². The minimum Gasteiger partial charge on any atom is -0.488 e. The number of nitrogens with zero attached hydrogens (tertiary/aromatic N) is 1. The zero-order valence-electron chi connectivity index (χ0n) is 17.4. The van der Waals surface area contributed by atoms with Crippen molar-refractivity contribution < 1.29 is 9.53 Å². The molecular formula is C26H21ClN2O2S. The van der Waals surface area contributed by atoms with Crippen molar-refractivity contribution in [3.63, 3.8) is 0 Å². The summed E-state index contributed by atoms with van der Waals surface area (Å²) in [5.74, 6) is 0.549. The first kappa shape index (κ1) is 21.8. The summed E-state index contributed by atoms with van der Waals surface area (Å²) in [5, 5.41) is 4.17. The van der Waals surface area contributed by atoms with Crippen LogP contribution >= 0.6 is 22.9 Å². The van der Waals surface area contributed by atoms with Crippen molar-refractivity contribution in [2.45, 2.75) is 13.5 Å². The van der Waals surface area contributed by atoms with E-state index in [0.29, 0.717) is 22.2 Å². The van der Waals surface area contributed by atoms with Gasteiger partial charge in [-0.1, -0.05) is 72.3 Å². The molecular weight excluding hydrogens is 440 g/mol. The molecule has 32 heavy (non-hydrogen) atoms. The van der Waals surface area contributed by atoms with Gasteiger partial charge in [-0.15, -0.1) is 11.3 Å². The minimum atomic E-state index is -0.270. The average molecular weight is 461 g/mol. The van der Waals surface area contributed by atoms with E-state index in [1.165, 1.54) is 11.3 Å². The van der Waals surface area contributed by atoms with Crippen molar-refractivity contribution in [1.29, 1.82) is 0 Å². The summed E-state index contributed by atoms with van der Waals surface area (Å²) in [5.41, 5.74) is 6.95. The lowest BCUT2D eigenvalue weighted by atomic mass is 10.0. The molecule has 0 radical (unpaired) electrons. The number of carbonyl (C=O) groups is 1. The van der Waals surface area contributed by atoms with Gasteiger partial charge in [0.25, 0.3) is 5.91 Å². The van der Waals surface area contributed by atoms with Crippen LogP contribution in [0.4, 0.5) is 0 Å². The van der Waals surface area contributed by atoms with Crippen molar-refractivity contribution in [3.05, 3.63) is 111 Å². The van der Waals surface area contributed by atoms with Crippen molar-refractivity contribution in [2.24, 2.45) is 5.10 Å². The lowest BCUT2D eigenvalue weighted by molar-refractivity contribution is 0.0955. The van der Waals surface area contributed by atoms with E-state index in [2.05, 4.69) is 22.7 Å². The number of rotatable bonds is 7. The zero-order valence-corrected chi connectivity index (χ0v) is 19.0. The van der Waals surface area contributed by atoms with Gasteiger partial charge < -0.3 is 4.74 Å². The second kappa shape index (κ2) is 10.3. The smallest absolute Gasteiger partial charge is 0.271 e. The molecule has 1 heterocycles. The summed E-state index contributed by atoms with van der Waals surface area (Å²) in [6.07, 6.45) is 0. The molecule has 0 saturated heterocycles. The lowest BCUT2D eigenvalue weighted by Crippen LogP contribution is -2.19. The number of ether oxygens (including phenoxy) is 1. The molecule has 160 valence electrons. The number of hydrogen-bond acceptors (Lipinski definition) is 4. The zero-order chi connectivity index (χ0) is 22.3. The Morgan fingerprint density at radius 1 is 0.938 bits per heavy atom. The first-order chi connectivity index (χ1) is 15.6. The van der Waals surface area contributed by atoms with Crippen LogP contribution in [-0.2, 0) is 6.61 Å². The highest BCUT2D eigenvalue weighted by molar-refractivity contribution is 7.18. The monoisotopic (exact) mass is 460 g/mol. The third-order valence-electron chi connectivity index (χ3n) is 4.84. The van der Waals surface area contributed by atoms with Gasteiger partial charge in [0.05, 0.1) is 14.9 Å². The van der Waals surface area contributed by atoms with Gasteiger partial charge in [-0.3, -0.25) is 4.79 Å². The van der Waals surface area contributed by atoms with E-state index in [9.17, 15) is 4.79 Å². The molecule has 4 rings (SSSR count). The topological polar surface area (TPSA) is 50.7 Å². The van der Waals surface area contributed by atoms with Crippen LogP contribution in [0.5, 0.6) is 5.75 Å². The van der Waals surface area contributed by atoms with E-state index in [1.807, 2.05) is 67.6 Å². The van der Waals surface area contributed by atoms with Crippen LogP contribution in [0.25, 0.3) is 11.1 Å². The van der Waals surface area contributed by atoms with Crippen molar-refractivity contribution in [3.8, 4) is 16.9 Å². The van der Waals surface area contributed by atoms with Gasteiger partial charge in [-0.25, -0.2) is 5.43 Å². The Morgan fingerprint density at radius 3 is 2.38 bits per heavy atom.